The van der Waals surface area contributed by atoms with Gasteiger partial charge in [-0.2, -0.15) is 0 Å². The van der Waals surface area contributed by atoms with Crippen molar-refractivity contribution in [2.45, 2.75) is 20.0 Å². The fourth-order valence-corrected chi connectivity index (χ4v) is 2.43. The number of nitrogens with one attached hydrogen (secondary N) is 1. The van der Waals surface area contributed by atoms with Crippen LogP contribution in [0.4, 0.5) is 5.69 Å². The van der Waals surface area contributed by atoms with Crippen molar-refractivity contribution in [1.29, 1.82) is 0 Å². The van der Waals surface area contributed by atoms with Crippen molar-refractivity contribution in [3.05, 3.63) is 41.5 Å². The van der Waals surface area contributed by atoms with Crippen LogP contribution >= 0.6 is 0 Å². The van der Waals surface area contributed by atoms with Crippen molar-refractivity contribution in [2.75, 3.05) is 33.1 Å². The number of guanidine groups is 1. The number of aryl methyl sites for hydroxylation is 1. The maximum atomic E-state index is 4.36. The van der Waals surface area contributed by atoms with Gasteiger partial charge in [-0.1, -0.05) is 12.1 Å². The molecule has 1 aromatic heterocycles. The lowest BCUT2D eigenvalue weighted by Crippen LogP contribution is -2.38. The molecular weight excluding hydrogens is 302 g/mol. The Kier molecular flexibility index (Phi) is 5.78. The Morgan fingerprint density at radius 1 is 1.25 bits per heavy atom. The smallest absolute Gasteiger partial charge is 0.194 e. The minimum atomic E-state index is 0.589. The molecule has 7 nitrogen and oxygen atoms in total. The summed E-state index contributed by atoms with van der Waals surface area (Å²) in [5.41, 5.74) is 2.43. The number of hydrogen-bond donors (Lipinski definition) is 1. The Labute approximate surface area is 144 Å². The molecule has 0 saturated carbocycles. The van der Waals surface area contributed by atoms with E-state index in [1.54, 1.807) is 7.05 Å². The average Bonchev–Trinajstić information content (AvgIpc) is 2.87. The molecule has 0 spiro atoms. The standard InChI is InChI=1S/C17H27N7/c1-13-20-21-16(24(13)6)11-19-17(18-2)23(5)12-14-8-7-9-15(10-14)22(3)4/h7-10H,11-12H2,1-6H3,(H,18,19). The van der Waals surface area contributed by atoms with E-state index in [0.29, 0.717) is 6.54 Å². The van der Waals surface area contributed by atoms with E-state index in [0.717, 1.165) is 24.2 Å². The number of anilines is 1. The first-order valence-electron chi connectivity index (χ1n) is 7.95. The molecule has 2 rings (SSSR count). The molecular formula is C17H27N7. The number of hydrogen-bond acceptors (Lipinski definition) is 4. The summed E-state index contributed by atoms with van der Waals surface area (Å²) < 4.78 is 1.97. The van der Waals surface area contributed by atoms with E-state index in [2.05, 4.69) is 54.6 Å². The second-order valence-electron chi connectivity index (χ2n) is 6.04. The van der Waals surface area contributed by atoms with Gasteiger partial charge in [0.1, 0.15) is 5.82 Å². The van der Waals surface area contributed by atoms with Gasteiger partial charge in [-0.15, -0.1) is 10.2 Å². The summed E-state index contributed by atoms with van der Waals surface area (Å²) in [6.45, 7) is 3.31. The summed E-state index contributed by atoms with van der Waals surface area (Å²) >= 11 is 0. The number of aliphatic imine (C=N–C) groups is 1. The van der Waals surface area contributed by atoms with Crippen LogP contribution < -0.4 is 10.2 Å². The molecule has 0 amide bonds. The molecule has 24 heavy (non-hydrogen) atoms. The van der Waals surface area contributed by atoms with Gasteiger partial charge in [0.25, 0.3) is 0 Å². The molecule has 0 saturated heterocycles. The van der Waals surface area contributed by atoms with Crippen LogP contribution in [-0.2, 0) is 20.1 Å². The summed E-state index contributed by atoms with van der Waals surface area (Å²) in [6.07, 6.45) is 0. The van der Waals surface area contributed by atoms with Crippen molar-refractivity contribution >= 4 is 11.6 Å². The zero-order valence-electron chi connectivity index (χ0n) is 15.4. The van der Waals surface area contributed by atoms with Crippen LogP contribution in [0.5, 0.6) is 0 Å². The van der Waals surface area contributed by atoms with Crippen molar-refractivity contribution in [1.82, 2.24) is 25.0 Å². The third-order valence-electron chi connectivity index (χ3n) is 4.01. The maximum Gasteiger partial charge on any atom is 0.194 e. The van der Waals surface area contributed by atoms with Gasteiger partial charge in [-0.25, -0.2) is 0 Å². The molecule has 130 valence electrons. The molecule has 0 aliphatic carbocycles. The van der Waals surface area contributed by atoms with E-state index in [9.17, 15) is 0 Å². The van der Waals surface area contributed by atoms with Gasteiger partial charge >= 0.3 is 0 Å². The van der Waals surface area contributed by atoms with Crippen LogP contribution in [0.15, 0.2) is 29.3 Å². The summed E-state index contributed by atoms with van der Waals surface area (Å²) in [4.78, 5) is 8.56. The van der Waals surface area contributed by atoms with Crippen LogP contribution in [-0.4, -0.2) is 53.8 Å². The molecule has 0 atom stereocenters. The zero-order valence-corrected chi connectivity index (χ0v) is 15.4. The molecule has 1 heterocycles. The molecule has 1 aromatic carbocycles. The normalized spacial score (nSPS) is 11.5. The molecule has 2 aromatic rings. The highest BCUT2D eigenvalue weighted by molar-refractivity contribution is 5.79. The first-order valence-corrected chi connectivity index (χ1v) is 7.95. The lowest BCUT2D eigenvalue weighted by atomic mass is 10.2. The van der Waals surface area contributed by atoms with Gasteiger partial charge in [0.05, 0.1) is 6.54 Å². The van der Waals surface area contributed by atoms with E-state index < -0.39 is 0 Å². The number of benzene rings is 1. The van der Waals surface area contributed by atoms with Gasteiger partial charge in [0.15, 0.2) is 11.8 Å². The fraction of sp³-hybridized carbons (Fsp3) is 0.471. The Bertz CT molecular complexity index is 703. The zero-order chi connectivity index (χ0) is 17.7. The third-order valence-corrected chi connectivity index (χ3v) is 4.01. The minimum Gasteiger partial charge on any atom is -0.378 e. The maximum absolute atomic E-state index is 4.36. The molecule has 0 unspecified atom stereocenters. The molecule has 0 fully saturated rings. The monoisotopic (exact) mass is 329 g/mol. The Balaban J connectivity index is 2.00. The molecule has 0 bridgehead atoms. The topological polar surface area (TPSA) is 61.6 Å². The van der Waals surface area contributed by atoms with Crippen molar-refractivity contribution in [3.63, 3.8) is 0 Å². The second kappa shape index (κ2) is 7.81. The van der Waals surface area contributed by atoms with Crippen LogP contribution in [0, 0.1) is 6.92 Å². The van der Waals surface area contributed by atoms with Crippen molar-refractivity contribution < 1.29 is 0 Å². The highest BCUT2D eigenvalue weighted by Gasteiger charge is 2.10. The highest BCUT2D eigenvalue weighted by Crippen LogP contribution is 2.14. The van der Waals surface area contributed by atoms with Crippen LogP contribution in [0.3, 0.4) is 0 Å². The molecule has 7 heteroatoms. The molecule has 1 N–H and O–H groups in total. The fourth-order valence-electron chi connectivity index (χ4n) is 2.43. The molecule has 0 aliphatic rings. The van der Waals surface area contributed by atoms with Crippen molar-refractivity contribution in [2.24, 2.45) is 12.0 Å². The highest BCUT2D eigenvalue weighted by atomic mass is 15.3. The minimum absolute atomic E-state index is 0.589. The average molecular weight is 329 g/mol. The predicted molar refractivity (Wildman–Crippen MR) is 98.2 cm³/mol. The SMILES string of the molecule is CN=C(NCc1nnc(C)n1C)N(C)Cc1cccc(N(C)C)c1. The van der Waals surface area contributed by atoms with Crippen LogP contribution in [0.25, 0.3) is 0 Å². The Morgan fingerprint density at radius 3 is 2.58 bits per heavy atom. The van der Waals surface area contributed by atoms with Gasteiger partial charge in [-0.05, 0) is 24.6 Å². The van der Waals surface area contributed by atoms with E-state index in [1.807, 2.05) is 39.7 Å². The number of aromatic nitrogens is 3. The number of nitrogens with zero attached hydrogens (tertiary/aromatic N) is 6. The summed E-state index contributed by atoms with van der Waals surface area (Å²) in [6, 6.07) is 8.50. The van der Waals surface area contributed by atoms with Gasteiger partial charge in [0.2, 0.25) is 0 Å². The summed E-state index contributed by atoms with van der Waals surface area (Å²) in [7, 11) is 9.88. The van der Waals surface area contributed by atoms with E-state index in [-0.39, 0.29) is 0 Å². The lowest BCUT2D eigenvalue weighted by Gasteiger charge is -2.23. The summed E-state index contributed by atoms with van der Waals surface area (Å²) in [5, 5.41) is 11.6. The first kappa shape index (κ1) is 17.8. The second-order valence-corrected chi connectivity index (χ2v) is 6.04. The van der Waals surface area contributed by atoms with E-state index in [1.165, 1.54) is 11.3 Å². The van der Waals surface area contributed by atoms with Crippen LogP contribution in [0.2, 0.25) is 0 Å². The van der Waals surface area contributed by atoms with Gasteiger partial charge in [-0.3, -0.25) is 4.99 Å². The summed E-state index contributed by atoms with van der Waals surface area (Å²) in [5.74, 6) is 2.61. The Hall–Kier alpha value is -2.57. The molecule has 0 radical (unpaired) electrons. The number of rotatable bonds is 5. The van der Waals surface area contributed by atoms with Crippen molar-refractivity contribution in [3.8, 4) is 0 Å². The molecule has 0 aliphatic heterocycles. The van der Waals surface area contributed by atoms with E-state index in [4.69, 9.17) is 0 Å². The Morgan fingerprint density at radius 2 is 2.00 bits per heavy atom. The first-order chi connectivity index (χ1) is 11.4. The lowest BCUT2D eigenvalue weighted by molar-refractivity contribution is 0.474. The predicted octanol–water partition coefficient (Wildman–Crippen LogP) is 1.40. The largest absolute Gasteiger partial charge is 0.378 e. The van der Waals surface area contributed by atoms with Gasteiger partial charge < -0.3 is 19.7 Å². The van der Waals surface area contributed by atoms with Crippen LogP contribution in [0.1, 0.15) is 17.2 Å². The van der Waals surface area contributed by atoms with E-state index >= 15 is 0 Å². The quantitative estimate of drug-likeness (QED) is 0.664. The van der Waals surface area contributed by atoms with Gasteiger partial charge in [0, 0.05) is 47.5 Å². The third kappa shape index (κ3) is 4.24.